The van der Waals surface area contributed by atoms with Crippen molar-refractivity contribution in [1.29, 1.82) is 0 Å². The van der Waals surface area contributed by atoms with Crippen LogP contribution in [-0.4, -0.2) is 56.1 Å². The molecule has 0 aliphatic carbocycles. The highest BCUT2D eigenvalue weighted by Crippen LogP contribution is 2.17. The lowest BCUT2D eigenvalue weighted by Crippen LogP contribution is -2.43. The van der Waals surface area contributed by atoms with Crippen molar-refractivity contribution in [2.75, 3.05) is 39.4 Å². The second kappa shape index (κ2) is 10.9. The SMILES string of the molecule is Cc1ccc([C@H](CN2CCOCC2)NC(=O)CCNC(=O)c2ccccc2C)cc1. The summed E-state index contributed by atoms with van der Waals surface area (Å²) in [6, 6.07) is 15.6. The van der Waals surface area contributed by atoms with Gasteiger partial charge in [-0.1, -0.05) is 48.0 Å². The Morgan fingerprint density at radius 3 is 2.43 bits per heavy atom. The van der Waals surface area contributed by atoms with Crippen molar-refractivity contribution in [2.45, 2.75) is 26.3 Å². The third-order valence-corrected chi connectivity index (χ3v) is 5.39. The molecule has 6 heteroatoms. The summed E-state index contributed by atoms with van der Waals surface area (Å²) >= 11 is 0. The monoisotopic (exact) mass is 409 g/mol. The minimum atomic E-state index is -0.149. The van der Waals surface area contributed by atoms with Crippen molar-refractivity contribution in [3.63, 3.8) is 0 Å². The minimum Gasteiger partial charge on any atom is -0.379 e. The Hall–Kier alpha value is -2.70. The number of amides is 2. The average molecular weight is 410 g/mol. The van der Waals surface area contributed by atoms with E-state index in [9.17, 15) is 9.59 Å². The van der Waals surface area contributed by atoms with Crippen LogP contribution in [-0.2, 0) is 9.53 Å². The number of nitrogens with one attached hydrogen (secondary N) is 2. The molecule has 30 heavy (non-hydrogen) atoms. The van der Waals surface area contributed by atoms with Crippen molar-refractivity contribution in [3.8, 4) is 0 Å². The van der Waals surface area contributed by atoms with Gasteiger partial charge in [0.05, 0.1) is 19.3 Å². The molecule has 1 atom stereocenters. The summed E-state index contributed by atoms with van der Waals surface area (Å²) in [6.07, 6.45) is 0.239. The van der Waals surface area contributed by atoms with E-state index >= 15 is 0 Å². The summed E-state index contributed by atoms with van der Waals surface area (Å²) in [6.45, 7) is 8.18. The minimum absolute atomic E-state index is 0.0704. The van der Waals surface area contributed by atoms with Gasteiger partial charge in [0.15, 0.2) is 0 Å². The molecular formula is C24H31N3O3. The molecule has 0 radical (unpaired) electrons. The second-order valence-electron chi connectivity index (χ2n) is 7.76. The summed E-state index contributed by atoms with van der Waals surface area (Å²) in [4.78, 5) is 27.3. The fourth-order valence-electron chi connectivity index (χ4n) is 3.55. The maximum atomic E-state index is 12.6. The molecule has 0 saturated carbocycles. The molecule has 2 N–H and O–H groups in total. The van der Waals surface area contributed by atoms with Gasteiger partial charge in [0.2, 0.25) is 5.91 Å². The number of hydrogen-bond acceptors (Lipinski definition) is 4. The van der Waals surface area contributed by atoms with Gasteiger partial charge in [-0.25, -0.2) is 0 Å². The van der Waals surface area contributed by atoms with Gasteiger partial charge < -0.3 is 15.4 Å². The quantitative estimate of drug-likeness (QED) is 0.703. The second-order valence-corrected chi connectivity index (χ2v) is 7.76. The summed E-state index contributed by atoms with van der Waals surface area (Å²) in [7, 11) is 0. The fraction of sp³-hybridized carbons (Fsp3) is 0.417. The predicted octanol–water partition coefficient (Wildman–Crippen LogP) is 2.61. The van der Waals surface area contributed by atoms with Gasteiger partial charge in [-0.2, -0.15) is 0 Å². The average Bonchev–Trinajstić information content (AvgIpc) is 2.75. The maximum absolute atomic E-state index is 12.6. The van der Waals surface area contributed by atoms with Crippen LogP contribution in [0, 0.1) is 13.8 Å². The number of carbonyl (C=O) groups is 2. The molecule has 1 fully saturated rings. The van der Waals surface area contributed by atoms with E-state index in [1.165, 1.54) is 5.56 Å². The van der Waals surface area contributed by atoms with E-state index in [1.807, 2.05) is 25.1 Å². The van der Waals surface area contributed by atoms with E-state index in [0.29, 0.717) is 12.1 Å². The Labute approximate surface area is 178 Å². The van der Waals surface area contributed by atoms with E-state index in [2.05, 4.69) is 46.7 Å². The summed E-state index contributed by atoms with van der Waals surface area (Å²) in [5.74, 6) is -0.219. The highest BCUT2D eigenvalue weighted by Gasteiger charge is 2.20. The summed E-state index contributed by atoms with van der Waals surface area (Å²) in [5, 5.41) is 6.00. The smallest absolute Gasteiger partial charge is 0.251 e. The van der Waals surface area contributed by atoms with Gasteiger partial charge in [-0.05, 0) is 31.0 Å². The highest BCUT2D eigenvalue weighted by atomic mass is 16.5. The zero-order chi connectivity index (χ0) is 21.3. The molecule has 0 aromatic heterocycles. The molecule has 6 nitrogen and oxygen atoms in total. The number of hydrogen-bond donors (Lipinski definition) is 2. The normalized spacial score (nSPS) is 15.4. The molecule has 2 amide bonds. The highest BCUT2D eigenvalue weighted by molar-refractivity contribution is 5.95. The summed E-state index contributed by atoms with van der Waals surface area (Å²) in [5.41, 5.74) is 3.84. The Morgan fingerprint density at radius 2 is 1.73 bits per heavy atom. The van der Waals surface area contributed by atoms with Crippen molar-refractivity contribution in [3.05, 3.63) is 70.8 Å². The number of ether oxygens (including phenoxy) is 1. The Kier molecular flexibility index (Phi) is 7.99. The molecular weight excluding hydrogens is 378 g/mol. The van der Waals surface area contributed by atoms with Crippen molar-refractivity contribution < 1.29 is 14.3 Å². The molecule has 2 aromatic carbocycles. The van der Waals surface area contributed by atoms with E-state index in [4.69, 9.17) is 4.74 Å². The topological polar surface area (TPSA) is 70.7 Å². The van der Waals surface area contributed by atoms with Gasteiger partial charge in [0.1, 0.15) is 0 Å². The first-order valence-corrected chi connectivity index (χ1v) is 10.5. The van der Waals surface area contributed by atoms with Crippen LogP contribution < -0.4 is 10.6 Å². The molecule has 2 aromatic rings. The summed E-state index contributed by atoms with van der Waals surface area (Å²) < 4.78 is 5.43. The zero-order valence-corrected chi connectivity index (χ0v) is 17.8. The third-order valence-electron chi connectivity index (χ3n) is 5.39. The number of nitrogens with zero attached hydrogens (tertiary/aromatic N) is 1. The van der Waals surface area contributed by atoms with E-state index < -0.39 is 0 Å². The Bertz CT molecular complexity index is 845. The molecule has 0 bridgehead atoms. The van der Waals surface area contributed by atoms with Crippen LogP contribution in [0.25, 0.3) is 0 Å². The van der Waals surface area contributed by atoms with Crippen LogP contribution in [0.3, 0.4) is 0 Å². The van der Waals surface area contributed by atoms with Gasteiger partial charge in [0, 0.05) is 38.2 Å². The fourth-order valence-corrected chi connectivity index (χ4v) is 3.55. The molecule has 1 aliphatic heterocycles. The van der Waals surface area contributed by atoms with Crippen molar-refractivity contribution in [1.82, 2.24) is 15.5 Å². The first kappa shape index (κ1) is 22.0. The first-order valence-electron chi connectivity index (χ1n) is 10.5. The number of aryl methyl sites for hydroxylation is 2. The molecule has 160 valence electrons. The van der Waals surface area contributed by atoms with Gasteiger partial charge >= 0.3 is 0 Å². The largest absolute Gasteiger partial charge is 0.379 e. The van der Waals surface area contributed by atoms with Crippen LogP contribution >= 0.6 is 0 Å². The Morgan fingerprint density at radius 1 is 1.03 bits per heavy atom. The Balaban J connectivity index is 1.55. The van der Waals surface area contributed by atoms with E-state index in [-0.39, 0.29) is 24.3 Å². The zero-order valence-electron chi connectivity index (χ0n) is 17.8. The maximum Gasteiger partial charge on any atom is 0.251 e. The van der Waals surface area contributed by atoms with Crippen LogP contribution in [0.2, 0.25) is 0 Å². The van der Waals surface area contributed by atoms with Crippen LogP contribution in [0.4, 0.5) is 0 Å². The lowest BCUT2D eigenvalue weighted by molar-refractivity contribution is -0.121. The molecule has 3 rings (SSSR count). The predicted molar refractivity (Wildman–Crippen MR) is 117 cm³/mol. The van der Waals surface area contributed by atoms with Gasteiger partial charge in [-0.3, -0.25) is 14.5 Å². The number of benzene rings is 2. The lowest BCUT2D eigenvalue weighted by atomic mass is 10.0. The van der Waals surface area contributed by atoms with E-state index in [1.54, 1.807) is 6.07 Å². The molecule has 0 spiro atoms. The first-order chi connectivity index (χ1) is 14.5. The van der Waals surface area contributed by atoms with Crippen molar-refractivity contribution >= 4 is 11.8 Å². The van der Waals surface area contributed by atoms with Crippen LogP contribution in [0.1, 0.15) is 39.5 Å². The molecule has 0 unspecified atom stereocenters. The lowest BCUT2D eigenvalue weighted by Gasteiger charge is -2.31. The molecule has 1 saturated heterocycles. The number of morpholine rings is 1. The number of carbonyl (C=O) groups excluding carboxylic acids is 2. The third kappa shape index (κ3) is 6.40. The van der Waals surface area contributed by atoms with Crippen LogP contribution in [0.5, 0.6) is 0 Å². The van der Waals surface area contributed by atoms with Crippen LogP contribution in [0.15, 0.2) is 48.5 Å². The standard InChI is InChI=1S/C24H31N3O3/c1-18-7-9-20(10-8-18)22(17-27-13-15-30-16-14-27)26-23(28)11-12-25-24(29)21-6-4-3-5-19(21)2/h3-10,22H,11-17H2,1-2H3,(H,25,29)(H,26,28)/t22-/m0/s1. The number of rotatable bonds is 8. The van der Waals surface area contributed by atoms with Gasteiger partial charge in [0.25, 0.3) is 5.91 Å². The van der Waals surface area contributed by atoms with E-state index in [0.717, 1.165) is 44.0 Å². The van der Waals surface area contributed by atoms with Gasteiger partial charge in [-0.15, -0.1) is 0 Å². The molecule has 1 aliphatic rings. The van der Waals surface area contributed by atoms with Crippen molar-refractivity contribution in [2.24, 2.45) is 0 Å². The molecule has 1 heterocycles.